The van der Waals surface area contributed by atoms with Gasteiger partial charge >= 0.3 is 0 Å². The van der Waals surface area contributed by atoms with Gasteiger partial charge in [0.25, 0.3) is 0 Å². The number of benzene rings is 2. The lowest BCUT2D eigenvalue weighted by Gasteiger charge is -2.10. The minimum Gasteiger partial charge on any atom is -0.317 e. The maximum Gasteiger partial charge on any atom is 0.133 e. The molecule has 1 atom stereocenters. The number of hydroxylamine groups is 1. The van der Waals surface area contributed by atoms with Crippen molar-refractivity contribution in [3.63, 3.8) is 0 Å². The third kappa shape index (κ3) is 3.36. The second-order valence-corrected chi connectivity index (χ2v) is 4.56. The fourth-order valence-electron chi connectivity index (χ4n) is 1.94. The van der Waals surface area contributed by atoms with E-state index in [2.05, 4.69) is 5.48 Å². The van der Waals surface area contributed by atoms with Crippen molar-refractivity contribution in [1.82, 2.24) is 5.48 Å². The zero-order valence-corrected chi connectivity index (χ0v) is 10.5. The zero-order chi connectivity index (χ0) is 13.8. The van der Waals surface area contributed by atoms with Crippen LogP contribution < -0.4 is 5.48 Å². The summed E-state index contributed by atoms with van der Waals surface area (Å²) >= 11 is 0. The maximum absolute atomic E-state index is 13.6. The van der Waals surface area contributed by atoms with Gasteiger partial charge in [-0.25, -0.2) is 14.3 Å². The molecule has 0 saturated heterocycles. The lowest BCUT2D eigenvalue weighted by atomic mass is 10.0. The highest BCUT2D eigenvalue weighted by molar-refractivity contribution is 5.64. The molecule has 2 N–H and O–H groups in total. The quantitative estimate of drug-likeness (QED) is 0.827. The summed E-state index contributed by atoms with van der Waals surface area (Å²) < 4.78 is 26.5. The Kier molecular flexibility index (Phi) is 4.24. The molecule has 0 aliphatic carbocycles. The molecule has 2 aromatic carbocycles. The minimum absolute atomic E-state index is 0.0478. The fraction of sp³-hybridized carbons (Fsp3) is 0.200. The number of hydrogen-bond donors (Lipinski definition) is 2. The van der Waals surface area contributed by atoms with Crippen molar-refractivity contribution in [3.05, 3.63) is 59.7 Å². The smallest absolute Gasteiger partial charge is 0.133 e. The van der Waals surface area contributed by atoms with Gasteiger partial charge in [-0.2, -0.15) is 0 Å². The SMILES string of the molecule is C[C@H](Cc1ccc(-c2ccc(F)cc2F)cc1)NO. The van der Waals surface area contributed by atoms with E-state index in [1.54, 1.807) is 12.1 Å². The molecule has 4 heteroatoms. The number of nitrogens with one attached hydrogen (secondary N) is 1. The van der Waals surface area contributed by atoms with Gasteiger partial charge in [0.2, 0.25) is 0 Å². The molecular formula is C15H15F2NO. The van der Waals surface area contributed by atoms with Crippen molar-refractivity contribution < 1.29 is 14.0 Å². The van der Waals surface area contributed by atoms with E-state index in [9.17, 15) is 8.78 Å². The summed E-state index contributed by atoms with van der Waals surface area (Å²) in [6, 6.07) is 10.8. The lowest BCUT2D eigenvalue weighted by molar-refractivity contribution is 0.133. The first-order valence-corrected chi connectivity index (χ1v) is 6.04. The molecule has 2 nitrogen and oxygen atoms in total. The van der Waals surface area contributed by atoms with Gasteiger partial charge in [-0.1, -0.05) is 24.3 Å². The van der Waals surface area contributed by atoms with Gasteiger partial charge in [0.05, 0.1) is 0 Å². The van der Waals surface area contributed by atoms with Crippen LogP contribution in [0.4, 0.5) is 8.78 Å². The van der Waals surface area contributed by atoms with Crippen molar-refractivity contribution in [3.8, 4) is 11.1 Å². The van der Waals surface area contributed by atoms with Gasteiger partial charge in [-0.05, 0) is 36.6 Å². The van der Waals surface area contributed by atoms with Crippen molar-refractivity contribution >= 4 is 0 Å². The van der Waals surface area contributed by atoms with Gasteiger partial charge < -0.3 is 5.21 Å². The molecule has 0 amide bonds. The first kappa shape index (κ1) is 13.6. The van der Waals surface area contributed by atoms with Crippen molar-refractivity contribution in [2.24, 2.45) is 0 Å². The Morgan fingerprint density at radius 1 is 1.11 bits per heavy atom. The summed E-state index contributed by atoms with van der Waals surface area (Å²) in [5.41, 5.74) is 4.28. The van der Waals surface area contributed by atoms with E-state index in [1.165, 1.54) is 12.1 Å². The van der Waals surface area contributed by atoms with E-state index >= 15 is 0 Å². The van der Waals surface area contributed by atoms with Gasteiger partial charge in [-0.3, -0.25) is 0 Å². The topological polar surface area (TPSA) is 32.3 Å². The van der Waals surface area contributed by atoms with E-state index in [0.29, 0.717) is 17.5 Å². The van der Waals surface area contributed by atoms with Crippen molar-refractivity contribution in [2.75, 3.05) is 0 Å². The Hall–Kier alpha value is -1.78. The predicted octanol–water partition coefficient (Wildman–Crippen LogP) is 3.54. The van der Waals surface area contributed by atoms with Crippen LogP contribution >= 0.6 is 0 Å². The van der Waals surface area contributed by atoms with Crippen molar-refractivity contribution in [2.45, 2.75) is 19.4 Å². The Morgan fingerprint density at radius 2 is 1.79 bits per heavy atom. The summed E-state index contributed by atoms with van der Waals surface area (Å²) in [7, 11) is 0. The van der Waals surface area contributed by atoms with E-state index < -0.39 is 11.6 Å². The minimum atomic E-state index is -0.583. The molecule has 2 rings (SSSR count). The largest absolute Gasteiger partial charge is 0.317 e. The average Bonchev–Trinajstić information content (AvgIpc) is 2.40. The predicted molar refractivity (Wildman–Crippen MR) is 69.9 cm³/mol. The molecule has 100 valence electrons. The fourth-order valence-corrected chi connectivity index (χ4v) is 1.94. The molecule has 2 aromatic rings. The van der Waals surface area contributed by atoms with Crippen molar-refractivity contribution in [1.29, 1.82) is 0 Å². The second-order valence-electron chi connectivity index (χ2n) is 4.56. The zero-order valence-electron chi connectivity index (χ0n) is 10.5. The molecular weight excluding hydrogens is 248 g/mol. The molecule has 0 aliphatic rings. The van der Waals surface area contributed by atoms with E-state index in [1.807, 2.05) is 19.1 Å². The molecule has 0 heterocycles. The molecule has 0 bridgehead atoms. The Bertz CT molecular complexity index is 555. The first-order chi connectivity index (χ1) is 9.10. The van der Waals surface area contributed by atoms with Crippen LogP contribution in [0.25, 0.3) is 11.1 Å². The van der Waals surface area contributed by atoms with Crippen LogP contribution in [0.15, 0.2) is 42.5 Å². The Morgan fingerprint density at radius 3 is 2.37 bits per heavy atom. The lowest BCUT2D eigenvalue weighted by Crippen LogP contribution is -2.24. The van der Waals surface area contributed by atoms with E-state index in [4.69, 9.17) is 5.21 Å². The molecule has 19 heavy (non-hydrogen) atoms. The molecule has 0 radical (unpaired) electrons. The summed E-state index contributed by atoms with van der Waals surface area (Å²) in [6.07, 6.45) is 0.669. The third-order valence-corrected chi connectivity index (χ3v) is 2.96. The number of rotatable bonds is 4. The highest BCUT2D eigenvalue weighted by atomic mass is 19.1. The molecule has 0 fully saturated rings. The molecule has 0 saturated carbocycles. The maximum atomic E-state index is 13.6. The summed E-state index contributed by atoms with van der Waals surface area (Å²) in [4.78, 5) is 0. The van der Waals surface area contributed by atoms with Crippen LogP contribution in [0, 0.1) is 11.6 Å². The van der Waals surface area contributed by atoms with Crippen LogP contribution in [-0.4, -0.2) is 11.2 Å². The summed E-state index contributed by atoms with van der Waals surface area (Å²) in [5.74, 6) is -1.15. The summed E-state index contributed by atoms with van der Waals surface area (Å²) in [6.45, 7) is 1.85. The van der Waals surface area contributed by atoms with Crippen LogP contribution in [0.5, 0.6) is 0 Å². The van der Waals surface area contributed by atoms with E-state index in [-0.39, 0.29) is 6.04 Å². The van der Waals surface area contributed by atoms with Crippen LogP contribution in [0.3, 0.4) is 0 Å². The molecule has 0 aliphatic heterocycles. The van der Waals surface area contributed by atoms with Crippen LogP contribution in [-0.2, 0) is 6.42 Å². The highest BCUT2D eigenvalue weighted by Crippen LogP contribution is 2.24. The molecule has 0 spiro atoms. The third-order valence-electron chi connectivity index (χ3n) is 2.96. The van der Waals surface area contributed by atoms with Gasteiger partial charge in [-0.15, -0.1) is 0 Å². The normalized spacial score (nSPS) is 12.4. The molecule has 0 aromatic heterocycles. The monoisotopic (exact) mass is 263 g/mol. The van der Waals surface area contributed by atoms with Gasteiger partial charge in [0, 0.05) is 17.7 Å². The standard InChI is InChI=1S/C15H15F2NO/c1-10(18-19)8-11-2-4-12(5-3-11)14-7-6-13(16)9-15(14)17/h2-7,9-10,18-19H,8H2,1H3/t10-/m1/s1. The highest BCUT2D eigenvalue weighted by Gasteiger charge is 2.07. The Labute approximate surface area is 110 Å². The van der Waals surface area contributed by atoms with Crippen LogP contribution in [0.2, 0.25) is 0 Å². The number of hydrogen-bond acceptors (Lipinski definition) is 2. The van der Waals surface area contributed by atoms with E-state index in [0.717, 1.165) is 11.6 Å². The Balaban J connectivity index is 2.22. The van der Waals surface area contributed by atoms with Gasteiger partial charge in [0.15, 0.2) is 0 Å². The van der Waals surface area contributed by atoms with Gasteiger partial charge in [0.1, 0.15) is 11.6 Å². The number of halogens is 2. The first-order valence-electron chi connectivity index (χ1n) is 6.04. The summed E-state index contributed by atoms with van der Waals surface area (Å²) in [5, 5.41) is 8.76. The average molecular weight is 263 g/mol. The van der Waals surface area contributed by atoms with Crippen LogP contribution in [0.1, 0.15) is 12.5 Å². The second kappa shape index (κ2) is 5.91. The molecule has 0 unspecified atom stereocenters.